The molecule has 3 aliphatic rings. The molecule has 22 heavy (non-hydrogen) atoms. The average Bonchev–Trinajstić information content (AvgIpc) is 2.78. The molecule has 0 fully saturated rings. The van der Waals surface area contributed by atoms with Crippen LogP contribution in [0, 0.1) is 0 Å². The Morgan fingerprint density at radius 1 is 0.818 bits per heavy atom. The van der Waals surface area contributed by atoms with E-state index in [4.69, 9.17) is 0 Å². The minimum Gasteiger partial charge on any atom is -0.268 e. The molecule has 2 amide bonds. The summed E-state index contributed by atoms with van der Waals surface area (Å²) in [4.78, 5) is 26.6. The molecule has 4 rings (SSSR count). The lowest BCUT2D eigenvalue weighted by atomic mass is 10.0. The first-order valence-corrected chi connectivity index (χ1v) is 7.18. The Kier molecular flexibility index (Phi) is 2.79. The molecule has 0 aromatic heterocycles. The number of carbonyl (C=O) groups excluding carboxylic acids is 2. The van der Waals surface area contributed by atoms with E-state index < -0.39 is 0 Å². The maximum atomic E-state index is 12.6. The van der Waals surface area contributed by atoms with Crippen LogP contribution in [0.3, 0.4) is 0 Å². The monoisotopic (exact) mass is 287 g/mol. The van der Waals surface area contributed by atoms with E-state index in [0.717, 1.165) is 11.1 Å². The number of nitrogens with zero attached hydrogens (tertiary/aromatic N) is 1. The third-order valence-corrected chi connectivity index (χ3v) is 4.04. The topological polar surface area (TPSA) is 37.4 Å². The second-order valence-electron chi connectivity index (χ2n) is 5.40. The number of imide groups is 1. The number of carbonyl (C=O) groups is 2. The van der Waals surface area contributed by atoms with E-state index in [1.54, 1.807) is 24.3 Å². The van der Waals surface area contributed by atoms with Crippen molar-refractivity contribution in [3.63, 3.8) is 0 Å². The fraction of sp³-hybridized carbons (Fsp3) is 0.0526. The van der Waals surface area contributed by atoms with Crippen LogP contribution in [0.5, 0.6) is 0 Å². The predicted molar refractivity (Wildman–Crippen MR) is 84.1 cm³/mol. The van der Waals surface area contributed by atoms with E-state index in [1.165, 1.54) is 4.90 Å². The Morgan fingerprint density at radius 2 is 1.50 bits per heavy atom. The van der Waals surface area contributed by atoms with E-state index in [2.05, 4.69) is 0 Å². The van der Waals surface area contributed by atoms with Crippen molar-refractivity contribution < 1.29 is 9.59 Å². The van der Waals surface area contributed by atoms with Crippen molar-refractivity contribution in [3.05, 3.63) is 94.8 Å². The molecule has 0 saturated carbocycles. The molecular weight excluding hydrogens is 274 g/mol. The number of fused-ring (bicyclic) bond motifs is 3. The van der Waals surface area contributed by atoms with Crippen LogP contribution >= 0.6 is 0 Å². The lowest BCUT2D eigenvalue weighted by molar-refractivity contribution is 0.0707. The van der Waals surface area contributed by atoms with Crippen LogP contribution in [0.4, 0.5) is 0 Å². The Morgan fingerprint density at radius 3 is 2.23 bits per heavy atom. The van der Waals surface area contributed by atoms with Gasteiger partial charge in [-0.3, -0.25) is 9.59 Å². The van der Waals surface area contributed by atoms with Crippen LogP contribution in [0.2, 0.25) is 0 Å². The quantitative estimate of drug-likeness (QED) is 0.741. The van der Waals surface area contributed by atoms with E-state index in [-0.39, 0.29) is 11.8 Å². The molecule has 3 nitrogen and oxygen atoms in total. The van der Waals surface area contributed by atoms with Crippen LogP contribution in [-0.4, -0.2) is 16.7 Å². The Hall–Kier alpha value is -2.94. The van der Waals surface area contributed by atoms with Gasteiger partial charge in [0.1, 0.15) is 0 Å². The molecule has 1 aromatic rings. The van der Waals surface area contributed by atoms with Crippen molar-refractivity contribution in [2.45, 2.75) is 6.42 Å². The van der Waals surface area contributed by atoms with Crippen LogP contribution in [0.15, 0.2) is 83.6 Å². The number of amides is 2. The molecule has 0 N–H and O–H groups in total. The fourth-order valence-electron chi connectivity index (χ4n) is 2.98. The summed E-state index contributed by atoms with van der Waals surface area (Å²) in [5.41, 5.74) is 3.74. The van der Waals surface area contributed by atoms with Gasteiger partial charge in [0.15, 0.2) is 0 Å². The van der Waals surface area contributed by atoms with Gasteiger partial charge in [-0.2, -0.15) is 0 Å². The number of hydrogen-bond acceptors (Lipinski definition) is 2. The van der Waals surface area contributed by atoms with Crippen LogP contribution in [-0.2, 0) is 0 Å². The zero-order valence-corrected chi connectivity index (χ0v) is 11.8. The molecule has 0 spiro atoms. The molecule has 0 saturated heterocycles. The van der Waals surface area contributed by atoms with E-state index >= 15 is 0 Å². The largest absolute Gasteiger partial charge is 0.268 e. The van der Waals surface area contributed by atoms with E-state index in [1.807, 2.05) is 42.5 Å². The highest BCUT2D eigenvalue weighted by atomic mass is 16.2. The van der Waals surface area contributed by atoms with Gasteiger partial charge in [-0.25, -0.2) is 4.90 Å². The second-order valence-corrected chi connectivity index (χ2v) is 5.40. The van der Waals surface area contributed by atoms with Crippen LogP contribution in [0.1, 0.15) is 27.1 Å². The van der Waals surface area contributed by atoms with Gasteiger partial charge >= 0.3 is 0 Å². The number of rotatable bonds is 1. The molecule has 1 aliphatic heterocycles. The van der Waals surface area contributed by atoms with Crippen molar-refractivity contribution >= 4 is 11.8 Å². The van der Waals surface area contributed by atoms with Gasteiger partial charge in [0.2, 0.25) is 0 Å². The molecule has 1 heterocycles. The summed E-state index contributed by atoms with van der Waals surface area (Å²) in [6, 6.07) is 6.97. The van der Waals surface area contributed by atoms with Crippen molar-refractivity contribution in [1.82, 2.24) is 4.90 Å². The number of hydrogen-bond donors (Lipinski definition) is 0. The lowest BCUT2D eigenvalue weighted by Gasteiger charge is -2.19. The van der Waals surface area contributed by atoms with Crippen molar-refractivity contribution in [1.29, 1.82) is 0 Å². The maximum Gasteiger partial charge on any atom is 0.266 e. The minimum absolute atomic E-state index is 0.248. The first kappa shape index (κ1) is 12.8. The van der Waals surface area contributed by atoms with Crippen molar-refractivity contribution in [3.8, 4) is 0 Å². The molecule has 106 valence electrons. The molecule has 3 heteroatoms. The fourth-order valence-corrected chi connectivity index (χ4v) is 2.98. The molecule has 2 aliphatic carbocycles. The number of benzene rings is 1. The van der Waals surface area contributed by atoms with Gasteiger partial charge in [-0.15, -0.1) is 0 Å². The van der Waals surface area contributed by atoms with Gasteiger partial charge in [0.05, 0.1) is 16.8 Å². The van der Waals surface area contributed by atoms with Gasteiger partial charge in [0.25, 0.3) is 11.8 Å². The molecular formula is C19H13NO2. The summed E-state index contributed by atoms with van der Waals surface area (Å²) in [7, 11) is 0. The Balaban J connectivity index is 1.82. The summed E-state index contributed by atoms with van der Waals surface area (Å²) in [6.45, 7) is 0. The summed E-state index contributed by atoms with van der Waals surface area (Å²) in [6.07, 6.45) is 14.4. The first-order valence-electron chi connectivity index (χ1n) is 7.18. The third-order valence-electron chi connectivity index (χ3n) is 4.04. The first-order chi connectivity index (χ1) is 10.8. The molecule has 0 unspecified atom stereocenters. The maximum absolute atomic E-state index is 12.6. The van der Waals surface area contributed by atoms with E-state index in [9.17, 15) is 9.59 Å². The summed E-state index contributed by atoms with van der Waals surface area (Å²) < 4.78 is 0. The van der Waals surface area contributed by atoms with Crippen LogP contribution < -0.4 is 0 Å². The lowest BCUT2D eigenvalue weighted by Crippen LogP contribution is -2.29. The highest BCUT2D eigenvalue weighted by Gasteiger charge is 2.38. The smallest absolute Gasteiger partial charge is 0.266 e. The van der Waals surface area contributed by atoms with Crippen LogP contribution in [0.25, 0.3) is 0 Å². The Bertz CT molecular complexity index is 815. The minimum atomic E-state index is -0.248. The average molecular weight is 287 g/mol. The van der Waals surface area contributed by atoms with Gasteiger partial charge in [-0.05, 0) is 35.8 Å². The highest BCUT2D eigenvalue weighted by Crippen LogP contribution is 2.33. The second kappa shape index (κ2) is 4.81. The molecule has 1 aromatic carbocycles. The molecule has 2 bridgehead atoms. The number of allylic oxidation sites excluding steroid dienone is 9. The predicted octanol–water partition coefficient (Wildman–Crippen LogP) is 3.55. The van der Waals surface area contributed by atoms with Gasteiger partial charge in [-0.1, -0.05) is 48.6 Å². The van der Waals surface area contributed by atoms with Gasteiger partial charge in [0, 0.05) is 0 Å². The molecule has 0 radical (unpaired) electrons. The summed E-state index contributed by atoms with van der Waals surface area (Å²) >= 11 is 0. The highest BCUT2D eigenvalue weighted by molar-refractivity contribution is 6.22. The zero-order chi connectivity index (χ0) is 15.1. The standard InChI is InChI=1S/C19H13NO2/c21-18-15-9-3-4-10-16(15)19(22)20(18)17-11-5-7-13-6-1-2-8-14(17)12-13/h1-11H,12H2. The van der Waals surface area contributed by atoms with Gasteiger partial charge < -0.3 is 0 Å². The zero-order valence-electron chi connectivity index (χ0n) is 11.8. The van der Waals surface area contributed by atoms with Crippen molar-refractivity contribution in [2.75, 3.05) is 0 Å². The van der Waals surface area contributed by atoms with Crippen molar-refractivity contribution in [2.24, 2.45) is 0 Å². The summed E-state index contributed by atoms with van der Waals surface area (Å²) in [5.74, 6) is -0.497. The Labute approximate surface area is 128 Å². The molecule has 0 atom stereocenters. The normalized spacial score (nSPS) is 19.3. The van der Waals surface area contributed by atoms with E-state index in [0.29, 0.717) is 23.2 Å². The SMILES string of the molecule is O=C1c2ccccc2C(=O)N1C1=CC=CC2=CC=CC=C1C2. The summed E-state index contributed by atoms with van der Waals surface area (Å²) in [5, 5.41) is 0. The third kappa shape index (κ3) is 1.83.